The Kier molecular flexibility index (Phi) is 2.04. The van der Waals surface area contributed by atoms with Crippen LogP contribution in [0.2, 0.25) is 0 Å². The molecule has 0 heterocycles. The molecule has 0 radical (unpaired) electrons. The number of hydrogen-bond acceptors (Lipinski definition) is 2. The first kappa shape index (κ1) is 7.25. The fourth-order valence-corrected chi connectivity index (χ4v) is 1.06. The first-order chi connectivity index (χ1) is 4.70. The van der Waals surface area contributed by atoms with E-state index < -0.39 is 4.92 Å². The number of nitro groups is 1. The van der Waals surface area contributed by atoms with E-state index >= 15 is 0 Å². The molecular formula is C6H5NO2Se. The Balaban J connectivity index is 3.07. The molecule has 0 aliphatic heterocycles. The van der Waals surface area contributed by atoms with Gasteiger partial charge in [-0.05, 0) is 0 Å². The summed E-state index contributed by atoms with van der Waals surface area (Å²) in [6.07, 6.45) is 0. The maximum absolute atomic E-state index is 10.2. The number of rotatable bonds is 1. The number of nitro benzene ring substituents is 1. The van der Waals surface area contributed by atoms with Crippen molar-refractivity contribution in [1.29, 1.82) is 0 Å². The van der Waals surface area contributed by atoms with Gasteiger partial charge >= 0.3 is 65.5 Å². The number of benzene rings is 1. The molecule has 10 heavy (non-hydrogen) atoms. The second kappa shape index (κ2) is 2.82. The maximum atomic E-state index is 10.2. The molecule has 0 amide bonds. The van der Waals surface area contributed by atoms with Gasteiger partial charge in [0.1, 0.15) is 0 Å². The van der Waals surface area contributed by atoms with Gasteiger partial charge in [0.15, 0.2) is 0 Å². The zero-order valence-electron chi connectivity index (χ0n) is 5.02. The molecule has 0 N–H and O–H groups in total. The van der Waals surface area contributed by atoms with Crippen LogP contribution in [0.3, 0.4) is 0 Å². The van der Waals surface area contributed by atoms with Crippen molar-refractivity contribution in [1.82, 2.24) is 0 Å². The molecule has 0 unspecified atom stereocenters. The third-order valence-electron chi connectivity index (χ3n) is 1.04. The van der Waals surface area contributed by atoms with Gasteiger partial charge in [-0.2, -0.15) is 0 Å². The van der Waals surface area contributed by atoms with Crippen molar-refractivity contribution in [3.05, 3.63) is 34.4 Å². The second-order valence-electron chi connectivity index (χ2n) is 1.78. The summed E-state index contributed by atoms with van der Waals surface area (Å²) in [6.45, 7) is 0. The molecule has 0 spiro atoms. The summed E-state index contributed by atoms with van der Waals surface area (Å²) in [6, 6.07) is 6.44. The summed E-state index contributed by atoms with van der Waals surface area (Å²) in [5, 5.41) is 10.2. The van der Waals surface area contributed by atoms with Gasteiger partial charge in [-0.25, -0.2) is 0 Å². The van der Waals surface area contributed by atoms with Gasteiger partial charge in [-0.15, -0.1) is 0 Å². The monoisotopic (exact) mass is 203 g/mol. The van der Waals surface area contributed by atoms with E-state index in [0.29, 0.717) is 0 Å². The van der Waals surface area contributed by atoms with Crippen molar-refractivity contribution < 1.29 is 4.92 Å². The van der Waals surface area contributed by atoms with Gasteiger partial charge in [-0.3, -0.25) is 0 Å². The van der Waals surface area contributed by atoms with Gasteiger partial charge in [0.2, 0.25) is 0 Å². The Bertz CT molecular complexity index is 262. The van der Waals surface area contributed by atoms with Crippen molar-refractivity contribution in [2.75, 3.05) is 0 Å². The first-order valence-electron chi connectivity index (χ1n) is 2.63. The van der Waals surface area contributed by atoms with Crippen molar-refractivity contribution in [2.45, 2.75) is 0 Å². The fraction of sp³-hybridized carbons (Fsp3) is 0. The van der Waals surface area contributed by atoms with Crippen LogP contribution in [0.5, 0.6) is 0 Å². The molecule has 0 atom stereocenters. The van der Waals surface area contributed by atoms with Crippen LogP contribution in [0.4, 0.5) is 5.69 Å². The van der Waals surface area contributed by atoms with E-state index in [1.54, 1.807) is 12.1 Å². The number of nitrogens with zero attached hydrogens (tertiary/aromatic N) is 1. The molecule has 0 aliphatic rings. The molecule has 3 nitrogen and oxygen atoms in total. The van der Waals surface area contributed by atoms with Gasteiger partial charge in [-0.1, -0.05) is 0 Å². The van der Waals surface area contributed by atoms with Crippen molar-refractivity contribution in [3.8, 4) is 0 Å². The SMILES string of the molecule is O=[N+]([O-])c1cccc([SeH])c1. The Morgan fingerprint density at radius 2 is 2.20 bits per heavy atom. The Morgan fingerprint density at radius 3 is 2.60 bits per heavy atom. The van der Waals surface area contributed by atoms with Crippen LogP contribution in [-0.2, 0) is 0 Å². The predicted octanol–water partition coefficient (Wildman–Crippen LogP) is 0.121. The Hall–Kier alpha value is -0.861. The second-order valence-corrected chi connectivity index (χ2v) is 2.86. The predicted molar refractivity (Wildman–Crippen MR) is 39.9 cm³/mol. The zero-order valence-corrected chi connectivity index (χ0v) is 6.90. The summed E-state index contributed by atoms with van der Waals surface area (Å²) in [7, 11) is 0. The van der Waals surface area contributed by atoms with Gasteiger partial charge in [0.05, 0.1) is 0 Å². The van der Waals surface area contributed by atoms with Gasteiger partial charge < -0.3 is 0 Å². The van der Waals surface area contributed by atoms with Crippen LogP contribution in [0, 0.1) is 10.1 Å². The molecule has 52 valence electrons. The zero-order chi connectivity index (χ0) is 7.56. The minimum atomic E-state index is -0.406. The molecule has 0 saturated carbocycles. The Morgan fingerprint density at radius 1 is 1.50 bits per heavy atom. The molecule has 0 fully saturated rings. The summed E-state index contributed by atoms with van der Waals surface area (Å²) >= 11 is 2.26. The first-order valence-corrected chi connectivity index (χ1v) is 3.57. The van der Waals surface area contributed by atoms with Gasteiger partial charge in [0, 0.05) is 0 Å². The Labute approximate surface area is 66.0 Å². The van der Waals surface area contributed by atoms with E-state index in [1.165, 1.54) is 12.1 Å². The fourth-order valence-electron chi connectivity index (χ4n) is 0.607. The molecule has 0 aliphatic carbocycles. The van der Waals surface area contributed by atoms with Crippen LogP contribution in [-0.4, -0.2) is 20.9 Å². The third kappa shape index (κ3) is 1.56. The molecule has 4 heteroatoms. The quantitative estimate of drug-likeness (QED) is 0.369. The van der Waals surface area contributed by atoms with Crippen molar-refractivity contribution >= 4 is 26.2 Å². The van der Waals surface area contributed by atoms with Crippen molar-refractivity contribution in [3.63, 3.8) is 0 Å². The van der Waals surface area contributed by atoms with Crippen LogP contribution >= 0.6 is 0 Å². The van der Waals surface area contributed by atoms with Gasteiger partial charge in [0.25, 0.3) is 0 Å². The normalized spacial score (nSPS) is 9.30. The summed E-state index contributed by atoms with van der Waals surface area (Å²) in [5.74, 6) is 0. The average molecular weight is 202 g/mol. The van der Waals surface area contributed by atoms with E-state index in [0.717, 1.165) is 4.46 Å². The summed E-state index contributed by atoms with van der Waals surface area (Å²) in [4.78, 5) is 9.75. The average Bonchev–Trinajstić information content (AvgIpc) is 1.88. The molecule has 1 aromatic carbocycles. The molecule has 1 aromatic rings. The molecule has 0 saturated heterocycles. The van der Waals surface area contributed by atoms with Crippen LogP contribution < -0.4 is 4.46 Å². The standard InChI is InChI=1S/C6H5NO2Se/c8-7(9)5-2-1-3-6(10)4-5/h1-4,10H. The van der Waals surface area contributed by atoms with E-state index in [4.69, 9.17) is 0 Å². The van der Waals surface area contributed by atoms with Crippen LogP contribution in [0.25, 0.3) is 0 Å². The van der Waals surface area contributed by atoms with E-state index in [2.05, 4.69) is 16.0 Å². The van der Waals surface area contributed by atoms with Crippen molar-refractivity contribution in [2.24, 2.45) is 0 Å². The summed E-state index contributed by atoms with van der Waals surface area (Å²) in [5.41, 5.74) is 0.137. The van der Waals surface area contributed by atoms with E-state index in [-0.39, 0.29) is 5.69 Å². The molecule has 1 rings (SSSR count). The van der Waals surface area contributed by atoms with Crippen LogP contribution in [0.15, 0.2) is 24.3 Å². The molecule has 0 bridgehead atoms. The number of hydrogen-bond donors (Lipinski definition) is 0. The molecule has 0 aromatic heterocycles. The summed E-state index contributed by atoms with van der Waals surface area (Å²) < 4.78 is 0.849. The number of non-ortho nitro benzene ring substituents is 1. The third-order valence-corrected chi connectivity index (χ3v) is 1.62. The van der Waals surface area contributed by atoms with Crippen LogP contribution in [0.1, 0.15) is 0 Å². The van der Waals surface area contributed by atoms with E-state index in [1.807, 2.05) is 0 Å². The topological polar surface area (TPSA) is 43.1 Å². The van der Waals surface area contributed by atoms with E-state index in [9.17, 15) is 10.1 Å². The minimum absolute atomic E-state index is 0.137. The molecular weight excluding hydrogens is 197 g/mol.